The van der Waals surface area contributed by atoms with Crippen molar-refractivity contribution >= 4 is 19.6 Å². The Balaban J connectivity index is 1.69. The summed E-state index contributed by atoms with van der Waals surface area (Å²) in [5.41, 5.74) is 4.25. The third kappa shape index (κ3) is 2.37. The van der Waals surface area contributed by atoms with Crippen LogP contribution in [0.5, 0.6) is 0 Å². The Labute approximate surface area is 158 Å². The maximum absolute atomic E-state index is 13.2. The summed E-state index contributed by atoms with van der Waals surface area (Å²) < 4.78 is 5.40. The summed E-state index contributed by atoms with van der Waals surface area (Å²) in [5.74, 6) is 1.80. The molecule has 0 spiro atoms. The minimum absolute atomic E-state index is 0.0668. The zero-order valence-electron chi connectivity index (χ0n) is 16.7. The van der Waals surface area contributed by atoms with Gasteiger partial charge in [-0.05, 0) is 86.3 Å². The zero-order chi connectivity index (χ0) is 18.7. The second-order valence-corrected chi connectivity index (χ2v) is 9.42. The highest BCUT2D eigenvalue weighted by Crippen LogP contribution is 2.67. The summed E-state index contributed by atoms with van der Waals surface area (Å²) in [4.78, 5) is 25.0. The van der Waals surface area contributed by atoms with Crippen LogP contribution in [0.1, 0.15) is 72.1 Å². The summed E-state index contributed by atoms with van der Waals surface area (Å²) in [7, 11) is 1.64. The van der Waals surface area contributed by atoms with Gasteiger partial charge in [0, 0.05) is 11.8 Å². The first kappa shape index (κ1) is 18.2. The highest BCUT2D eigenvalue weighted by atomic mass is 16.4. The molecule has 0 radical (unpaired) electrons. The van der Waals surface area contributed by atoms with Gasteiger partial charge < -0.3 is 4.65 Å². The second kappa shape index (κ2) is 6.19. The average molecular weight is 354 g/mol. The topological polar surface area (TPSA) is 43.4 Å². The van der Waals surface area contributed by atoms with Crippen LogP contribution in [0.2, 0.25) is 0 Å². The van der Waals surface area contributed by atoms with Crippen LogP contribution in [0.4, 0.5) is 0 Å². The second-order valence-electron chi connectivity index (χ2n) is 9.42. The van der Waals surface area contributed by atoms with E-state index in [0.29, 0.717) is 29.8 Å². The van der Waals surface area contributed by atoms with E-state index >= 15 is 0 Å². The van der Waals surface area contributed by atoms with Crippen LogP contribution in [0, 0.1) is 22.7 Å². The van der Waals surface area contributed by atoms with E-state index in [0.717, 1.165) is 44.9 Å². The van der Waals surface area contributed by atoms with Gasteiger partial charge in [0.2, 0.25) is 0 Å². The van der Waals surface area contributed by atoms with Gasteiger partial charge in [-0.25, -0.2) is 0 Å². The van der Waals surface area contributed by atoms with Gasteiger partial charge in [0.15, 0.2) is 11.6 Å². The summed E-state index contributed by atoms with van der Waals surface area (Å²) in [6.45, 7) is 6.48. The maximum atomic E-state index is 13.2. The van der Waals surface area contributed by atoms with Crippen molar-refractivity contribution in [2.24, 2.45) is 22.7 Å². The van der Waals surface area contributed by atoms with Crippen molar-refractivity contribution in [2.75, 3.05) is 0 Å². The van der Waals surface area contributed by atoms with Crippen molar-refractivity contribution in [2.45, 2.75) is 78.2 Å². The molecule has 5 atom stereocenters. The third-order valence-corrected chi connectivity index (χ3v) is 8.60. The van der Waals surface area contributed by atoms with Gasteiger partial charge in [0.25, 0.3) is 8.05 Å². The quantitative estimate of drug-likeness (QED) is 0.726. The van der Waals surface area contributed by atoms with Crippen molar-refractivity contribution in [3.63, 3.8) is 0 Å². The Morgan fingerprint density at radius 1 is 1.19 bits per heavy atom. The van der Waals surface area contributed by atoms with Gasteiger partial charge in [-0.1, -0.05) is 19.4 Å². The number of hydrogen-bond acceptors (Lipinski definition) is 3. The van der Waals surface area contributed by atoms with Crippen molar-refractivity contribution in [3.05, 3.63) is 22.8 Å². The molecule has 0 aromatic heterocycles. The highest BCUT2D eigenvalue weighted by molar-refractivity contribution is 6.01. The third-order valence-electron chi connectivity index (χ3n) is 8.60. The molecule has 0 aromatic carbocycles. The number of ketones is 2. The molecule has 5 unspecified atom stereocenters. The van der Waals surface area contributed by atoms with Gasteiger partial charge in [-0.15, -0.1) is 0 Å². The first-order valence-electron chi connectivity index (χ1n) is 10.3. The Morgan fingerprint density at radius 3 is 2.69 bits per heavy atom. The van der Waals surface area contributed by atoms with Crippen molar-refractivity contribution < 1.29 is 14.2 Å². The number of fused-ring (bicyclic) bond motifs is 4. The molecule has 0 bridgehead atoms. The first-order chi connectivity index (χ1) is 12.3. The van der Waals surface area contributed by atoms with E-state index in [4.69, 9.17) is 4.65 Å². The number of hydrogen-bond donors (Lipinski definition) is 0. The normalized spacial score (nSPS) is 40.4. The molecule has 140 valence electrons. The van der Waals surface area contributed by atoms with Crippen molar-refractivity contribution in [3.8, 4) is 0 Å². The van der Waals surface area contributed by atoms with Crippen LogP contribution in [0.15, 0.2) is 22.8 Å². The maximum Gasteiger partial charge on any atom is 0.258 e. The van der Waals surface area contributed by atoms with Crippen LogP contribution < -0.4 is 0 Å². The molecule has 4 rings (SSSR count). The Hall–Kier alpha value is -1.16. The average Bonchev–Trinajstić information content (AvgIpc) is 2.92. The summed E-state index contributed by atoms with van der Waals surface area (Å²) in [5, 5.41) is 0. The molecule has 0 aromatic rings. The lowest BCUT2D eigenvalue weighted by Gasteiger charge is -2.52. The van der Waals surface area contributed by atoms with E-state index in [1.165, 1.54) is 11.1 Å². The van der Waals surface area contributed by atoms with Gasteiger partial charge >= 0.3 is 0 Å². The molecule has 0 amide bonds. The fraction of sp³-hybridized carbons (Fsp3) is 0.727. The van der Waals surface area contributed by atoms with Crippen LogP contribution in [-0.2, 0) is 14.2 Å². The largest absolute Gasteiger partial charge is 0.435 e. The molecule has 2 saturated carbocycles. The molecule has 0 saturated heterocycles. The zero-order valence-corrected chi connectivity index (χ0v) is 16.7. The van der Waals surface area contributed by atoms with E-state index in [1.54, 1.807) is 13.6 Å². The van der Waals surface area contributed by atoms with Crippen LogP contribution in [-0.4, -0.2) is 25.7 Å². The Bertz CT molecular complexity index is 721. The van der Waals surface area contributed by atoms with Gasteiger partial charge in [-0.3, -0.25) is 9.59 Å². The first-order valence-corrected chi connectivity index (χ1v) is 10.3. The molecular formula is C22H31BO3. The van der Waals surface area contributed by atoms with E-state index in [2.05, 4.69) is 13.8 Å². The molecule has 3 nitrogen and oxygen atoms in total. The van der Waals surface area contributed by atoms with Crippen molar-refractivity contribution in [1.82, 2.24) is 0 Å². The van der Waals surface area contributed by atoms with E-state index in [-0.39, 0.29) is 16.9 Å². The van der Waals surface area contributed by atoms with E-state index in [1.807, 2.05) is 13.0 Å². The van der Waals surface area contributed by atoms with Crippen LogP contribution in [0.25, 0.3) is 0 Å². The standard InChI is InChI=1S/C22H31BO3/c1-13(26-23)20(25)22(3)11-9-19-18-6-4-14-12-15(24)5-7-16(14)17(18)8-10-21(19,22)2/h12-13,18-19H,4-11,23H2,1-3H3. The monoisotopic (exact) mass is 354 g/mol. The molecular weight excluding hydrogens is 323 g/mol. The number of Topliss-reactive ketones (excluding diaryl/α,β-unsaturated/α-hetero) is 1. The number of allylic oxidation sites excluding steroid dienone is 4. The molecule has 4 heteroatoms. The van der Waals surface area contributed by atoms with Crippen LogP contribution >= 0.6 is 0 Å². The molecule has 26 heavy (non-hydrogen) atoms. The Morgan fingerprint density at radius 2 is 1.96 bits per heavy atom. The highest BCUT2D eigenvalue weighted by Gasteiger charge is 2.62. The van der Waals surface area contributed by atoms with E-state index < -0.39 is 0 Å². The summed E-state index contributed by atoms with van der Waals surface area (Å²) in [6, 6.07) is 0. The van der Waals surface area contributed by atoms with Crippen molar-refractivity contribution in [1.29, 1.82) is 0 Å². The molecule has 0 N–H and O–H groups in total. The fourth-order valence-corrected chi connectivity index (χ4v) is 6.76. The molecule has 4 aliphatic carbocycles. The lowest BCUT2D eigenvalue weighted by Crippen LogP contribution is -2.50. The van der Waals surface area contributed by atoms with Gasteiger partial charge in [0.1, 0.15) is 0 Å². The lowest BCUT2D eigenvalue weighted by molar-refractivity contribution is -0.142. The molecule has 4 aliphatic rings. The molecule has 0 aliphatic heterocycles. The SMILES string of the molecule is BOC(C)C(=O)C1(C)CCC2C3CCC4=CC(=O)CCC4=C3CCC21C. The van der Waals surface area contributed by atoms with Gasteiger partial charge in [-0.2, -0.15) is 0 Å². The fourth-order valence-electron chi connectivity index (χ4n) is 6.76. The van der Waals surface area contributed by atoms with E-state index in [9.17, 15) is 9.59 Å². The predicted octanol–water partition coefficient (Wildman–Crippen LogP) is 3.72. The lowest BCUT2D eigenvalue weighted by atomic mass is 9.51. The van der Waals surface area contributed by atoms with Gasteiger partial charge in [0.05, 0.1) is 6.10 Å². The predicted molar refractivity (Wildman–Crippen MR) is 104 cm³/mol. The van der Waals surface area contributed by atoms with Crippen LogP contribution in [0.3, 0.4) is 0 Å². The number of carbonyl (C=O) groups is 2. The smallest absolute Gasteiger partial charge is 0.258 e. The minimum atomic E-state index is -0.319. The number of rotatable bonds is 3. The molecule has 0 heterocycles. The Kier molecular flexibility index (Phi) is 4.34. The molecule has 2 fully saturated rings. The number of carbonyl (C=O) groups excluding carboxylic acids is 2. The summed E-state index contributed by atoms with van der Waals surface area (Å²) >= 11 is 0. The minimum Gasteiger partial charge on any atom is -0.435 e. The summed E-state index contributed by atoms with van der Waals surface area (Å²) in [6.07, 6.45) is 9.74.